The number of nitrogens with two attached hydrogens (primary N) is 1. The molecule has 1 heterocycles. The molecule has 3 N–H and O–H groups in total. The highest BCUT2D eigenvalue weighted by atomic mass is 19.1. The van der Waals surface area contributed by atoms with E-state index in [0.29, 0.717) is 11.1 Å². The second-order valence-corrected chi connectivity index (χ2v) is 5.64. The van der Waals surface area contributed by atoms with Crippen LogP contribution < -0.4 is 11.1 Å². The summed E-state index contributed by atoms with van der Waals surface area (Å²) in [6.07, 6.45) is 1.49. The summed E-state index contributed by atoms with van der Waals surface area (Å²) in [6.45, 7) is 0.00586. The number of nitrogens with one attached hydrogen (secondary N) is 1. The molecule has 0 aliphatic rings. The molecule has 3 aromatic rings. The number of esters is 1. The summed E-state index contributed by atoms with van der Waals surface area (Å²) in [5.74, 6) is -1.41. The number of hydrogen-bond donors (Lipinski definition) is 2. The zero-order valence-electron chi connectivity index (χ0n) is 14.2. The Bertz CT molecular complexity index is 974. The van der Waals surface area contributed by atoms with Gasteiger partial charge in [-0.05, 0) is 42.0 Å². The fourth-order valence-corrected chi connectivity index (χ4v) is 2.35. The van der Waals surface area contributed by atoms with E-state index in [9.17, 15) is 14.0 Å². The molecular formula is C20H16FN3O3. The predicted molar refractivity (Wildman–Crippen MR) is 98.0 cm³/mol. The summed E-state index contributed by atoms with van der Waals surface area (Å²) in [5.41, 5.74) is 6.63. The maximum absolute atomic E-state index is 13.8. The van der Waals surface area contributed by atoms with E-state index in [1.165, 1.54) is 18.3 Å². The zero-order valence-corrected chi connectivity index (χ0v) is 14.2. The summed E-state index contributed by atoms with van der Waals surface area (Å²) >= 11 is 0. The Morgan fingerprint density at radius 3 is 2.48 bits per heavy atom. The van der Waals surface area contributed by atoms with Crippen LogP contribution in [-0.2, 0) is 11.3 Å². The number of amides is 1. The standard InChI is InChI=1S/C20H16FN3O3/c21-16-5-1-2-6-17(16)24-19-15(4-3-11-23-19)20(26)27-12-13-7-9-14(10-8-13)18(22)25/h1-11H,12H2,(H2,22,25)(H,23,24). The number of para-hydroxylation sites is 1. The normalized spacial score (nSPS) is 10.3. The summed E-state index contributed by atoms with van der Waals surface area (Å²) in [5, 5.41) is 2.80. The molecule has 7 heteroatoms. The molecule has 0 saturated carbocycles. The van der Waals surface area contributed by atoms with Crippen molar-refractivity contribution in [3.05, 3.63) is 89.4 Å². The molecule has 0 atom stereocenters. The Labute approximate surface area is 154 Å². The number of carbonyl (C=O) groups excluding carboxylic acids is 2. The van der Waals surface area contributed by atoms with Crippen LogP contribution in [0.5, 0.6) is 0 Å². The molecule has 0 radical (unpaired) electrons. The second kappa shape index (κ2) is 8.09. The van der Waals surface area contributed by atoms with E-state index in [1.54, 1.807) is 48.5 Å². The molecule has 6 nitrogen and oxygen atoms in total. The molecule has 136 valence electrons. The second-order valence-electron chi connectivity index (χ2n) is 5.64. The van der Waals surface area contributed by atoms with Crippen molar-refractivity contribution < 1.29 is 18.7 Å². The monoisotopic (exact) mass is 365 g/mol. The van der Waals surface area contributed by atoms with Crippen molar-refractivity contribution >= 4 is 23.4 Å². The number of rotatable bonds is 6. The van der Waals surface area contributed by atoms with E-state index in [4.69, 9.17) is 10.5 Å². The van der Waals surface area contributed by atoms with Crippen LogP contribution in [0, 0.1) is 5.82 Å². The summed E-state index contributed by atoms with van der Waals surface area (Å²) in [7, 11) is 0. The van der Waals surface area contributed by atoms with Gasteiger partial charge in [0.15, 0.2) is 0 Å². The Hall–Kier alpha value is -3.74. The van der Waals surface area contributed by atoms with Gasteiger partial charge in [0.05, 0.1) is 5.69 Å². The number of anilines is 2. The lowest BCUT2D eigenvalue weighted by molar-refractivity contribution is 0.0473. The Morgan fingerprint density at radius 1 is 1.04 bits per heavy atom. The lowest BCUT2D eigenvalue weighted by atomic mass is 10.1. The van der Waals surface area contributed by atoms with Gasteiger partial charge in [-0.3, -0.25) is 4.79 Å². The third-order valence-electron chi connectivity index (χ3n) is 3.76. The quantitative estimate of drug-likeness (QED) is 0.653. The molecule has 0 spiro atoms. The van der Waals surface area contributed by atoms with E-state index < -0.39 is 17.7 Å². The van der Waals surface area contributed by atoms with Crippen LogP contribution in [0.3, 0.4) is 0 Å². The molecule has 0 fully saturated rings. The average molecular weight is 365 g/mol. The molecule has 2 aromatic carbocycles. The first-order chi connectivity index (χ1) is 13.0. The molecule has 0 unspecified atom stereocenters. The van der Waals surface area contributed by atoms with Crippen LogP contribution in [0.15, 0.2) is 66.9 Å². The number of primary amides is 1. The Balaban J connectivity index is 1.71. The highest BCUT2D eigenvalue weighted by molar-refractivity contribution is 5.95. The van der Waals surface area contributed by atoms with Crippen LogP contribution in [0.25, 0.3) is 0 Å². The summed E-state index contributed by atoms with van der Waals surface area (Å²) < 4.78 is 19.1. The van der Waals surface area contributed by atoms with Crippen molar-refractivity contribution in [2.24, 2.45) is 5.73 Å². The van der Waals surface area contributed by atoms with Crippen molar-refractivity contribution in [1.29, 1.82) is 0 Å². The topological polar surface area (TPSA) is 94.3 Å². The molecule has 1 amide bonds. The number of ether oxygens (including phenoxy) is 1. The molecule has 1 aromatic heterocycles. The first kappa shape index (κ1) is 18.1. The third-order valence-corrected chi connectivity index (χ3v) is 3.76. The molecule has 0 saturated heterocycles. The Kier molecular flexibility index (Phi) is 5.41. The van der Waals surface area contributed by atoms with Gasteiger partial charge in [0.2, 0.25) is 5.91 Å². The van der Waals surface area contributed by atoms with Gasteiger partial charge in [-0.15, -0.1) is 0 Å². The van der Waals surface area contributed by atoms with E-state index in [-0.39, 0.29) is 23.7 Å². The van der Waals surface area contributed by atoms with Gasteiger partial charge in [-0.2, -0.15) is 0 Å². The first-order valence-corrected chi connectivity index (χ1v) is 8.07. The van der Waals surface area contributed by atoms with Crippen LogP contribution in [0.1, 0.15) is 26.3 Å². The average Bonchev–Trinajstić information content (AvgIpc) is 2.68. The number of nitrogens with zero attached hydrogens (tertiary/aromatic N) is 1. The van der Waals surface area contributed by atoms with Crippen molar-refractivity contribution in [1.82, 2.24) is 4.98 Å². The van der Waals surface area contributed by atoms with Crippen molar-refractivity contribution in [3.8, 4) is 0 Å². The number of pyridine rings is 1. The van der Waals surface area contributed by atoms with Gasteiger partial charge in [-0.25, -0.2) is 14.2 Å². The Morgan fingerprint density at radius 2 is 1.78 bits per heavy atom. The fraction of sp³-hybridized carbons (Fsp3) is 0.0500. The van der Waals surface area contributed by atoms with Gasteiger partial charge < -0.3 is 15.8 Å². The first-order valence-electron chi connectivity index (χ1n) is 8.07. The van der Waals surface area contributed by atoms with E-state index >= 15 is 0 Å². The highest BCUT2D eigenvalue weighted by Gasteiger charge is 2.15. The van der Waals surface area contributed by atoms with Gasteiger partial charge in [0.25, 0.3) is 0 Å². The number of aromatic nitrogens is 1. The molecular weight excluding hydrogens is 349 g/mol. The summed E-state index contributed by atoms with van der Waals surface area (Å²) in [4.78, 5) is 27.6. The van der Waals surface area contributed by atoms with Gasteiger partial charge in [-0.1, -0.05) is 24.3 Å². The van der Waals surface area contributed by atoms with Crippen molar-refractivity contribution in [3.63, 3.8) is 0 Å². The van der Waals surface area contributed by atoms with E-state index in [0.717, 1.165) is 0 Å². The minimum absolute atomic E-state index is 0.00586. The lowest BCUT2D eigenvalue weighted by Crippen LogP contribution is -2.11. The molecule has 27 heavy (non-hydrogen) atoms. The predicted octanol–water partition coefficient (Wildman–Crippen LogP) is 3.42. The highest BCUT2D eigenvalue weighted by Crippen LogP contribution is 2.21. The SMILES string of the molecule is NC(=O)c1ccc(COC(=O)c2cccnc2Nc2ccccc2F)cc1. The zero-order chi connectivity index (χ0) is 19.2. The summed E-state index contributed by atoms with van der Waals surface area (Å²) in [6, 6.07) is 15.6. The maximum atomic E-state index is 13.8. The third kappa shape index (κ3) is 4.46. The van der Waals surface area contributed by atoms with Crippen molar-refractivity contribution in [2.45, 2.75) is 6.61 Å². The van der Waals surface area contributed by atoms with Gasteiger partial charge in [0, 0.05) is 11.8 Å². The fourth-order valence-electron chi connectivity index (χ4n) is 2.35. The van der Waals surface area contributed by atoms with Crippen LogP contribution in [0.2, 0.25) is 0 Å². The molecule has 0 aliphatic heterocycles. The van der Waals surface area contributed by atoms with Crippen LogP contribution in [-0.4, -0.2) is 16.9 Å². The number of carbonyl (C=O) groups is 2. The number of benzene rings is 2. The minimum atomic E-state index is -0.610. The largest absolute Gasteiger partial charge is 0.457 e. The van der Waals surface area contributed by atoms with Crippen LogP contribution >= 0.6 is 0 Å². The maximum Gasteiger partial charge on any atom is 0.342 e. The lowest BCUT2D eigenvalue weighted by Gasteiger charge is -2.11. The van der Waals surface area contributed by atoms with E-state index in [1.807, 2.05) is 0 Å². The number of hydrogen-bond acceptors (Lipinski definition) is 5. The number of halogens is 1. The van der Waals surface area contributed by atoms with Gasteiger partial charge >= 0.3 is 5.97 Å². The molecule has 0 bridgehead atoms. The van der Waals surface area contributed by atoms with Crippen molar-refractivity contribution in [2.75, 3.05) is 5.32 Å². The molecule has 3 rings (SSSR count). The van der Waals surface area contributed by atoms with Gasteiger partial charge in [0.1, 0.15) is 23.8 Å². The van der Waals surface area contributed by atoms with Crippen LogP contribution in [0.4, 0.5) is 15.9 Å². The molecule has 0 aliphatic carbocycles. The van der Waals surface area contributed by atoms with E-state index in [2.05, 4.69) is 10.3 Å². The minimum Gasteiger partial charge on any atom is -0.457 e. The smallest absolute Gasteiger partial charge is 0.342 e.